The molecule has 1 aliphatic heterocycles. The lowest BCUT2D eigenvalue weighted by atomic mass is 10.00. The topological polar surface area (TPSA) is 97.4 Å². The van der Waals surface area contributed by atoms with Crippen LogP contribution in [0.15, 0.2) is 0 Å². The molecule has 0 aliphatic carbocycles. The van der Waals surface area contributed by atoms with Gasteiger partial charge in [0.15, 0.2) is 0 Å². The van der Waals surface area contributed by atoms with E-state index in [1.54, 1.807) is 6.92 Å². The molecule has 184 valence electrons. The van der Waals surface area contributed by atoms with Crippen molar-refractivity contribution in [3.8, 4) is 0 Å². The van der Waals surface area contributed by atoms with Crippen molar-refractivity contribution < 1.29 is 35.8 Å². The van der Waals surface area contributed by atoms with Crippen LogP contribution in [0, 0.1) is 0 Å². The standard InChI is InChI=1S/C22H42O8S/c1-4-6-7-8-9-10-11-12-13-14-15-16-17-19(28-18-26-3)20-21(22(23)27-5-2)30-31(24,25)29-20/h19-21H,4-18H2,1-3H3/t19-,20+,21-/m0/s1. The van der Waals surface area contributed by atoms with Crippen molar-refractivity contribution in [2.24, 2.45) is 0 Å². The lowest BCUT2D eigenvalue weighted by molar-refractivity contribution is -0.159. The molecule has 0 aromatic heterocycles. The Morgan fingerprint density at radius 1 is 0.871 bits per heavy atom. The highest BCUT2D eigenvalue weighted by Crippen LogP contribution is 2.28. The maximum atomic E-state index is 12.1. The molecule has 1 fully saturated rings. The minimum absolute atomic E-state index is 0.0294. The predicted molar refractivity (Wildman–Crippen MR) is 118 cm³/mol. The lowest BCUT2D eigenvalue weighted by Gasteiger charge is -2.24. The number of esters is 1. The van der Waals surface area contributed by atoms with E-state index < -0.39 is 34.7 Å². The van der Waals surface area contributed by atoms with Crippen LogP contribution in [-0.4, -0.2) is 53.2 Å². The van der Waals surface area contributed by atoms with Gasteiger partial charge in [0.25, 0.3) is 0 Å². The van der Waals surface area contributed by atoms with E-state index in [2.05, 4.69) is 6.92 Å². The predicted octanol–water partition coefficient (Wildman–Crippen LogP) is 4.66. The zero-order valence-corrected chi connectivity index (χ0v) is 20.3. The first-order valence-electron chi connectivity index (χ1n) is 11.8. The molecule has 8 nitrogen and oxygen atoms in total. The smallest absolute Gasteiger partial charge is 0.401 e. The van der Waals surface area contributed by atoms with Gasteiger partial charge < -0.3 is 14.2 Å². The van der Waals surface area contributed by atoms with Gasteiger partial charge in [-0.05, 0) is 13.3 Å². The molecule has 3 atom stereocenters. The Kier molecular flexibility index (Phi) is 15.4. The summed E-state index contributed by atoms with van der Waals surface area (Å²) in [5, 5.41) is 0. The number of methoxy groups -OCH3 is 1. The molecule has 0 aromatic rings. The largest absolute Gasteiger partial charge is 0.464 e. The number of hydrogen-bond acceptors (Lipinski definition) is 8. The van der Waals surface area contributed by atoms with Crippen LogP contribution in [0.25, 0.3) is 0 Å². The van der Waals surface area contributed by atoms with Gasteiger partial charge in [-0.3, -0.25) is 0 Å². The van der Waals surface area contributed by atoms with Crippen molar-refractivity contribution in [1.29, 1.82) is 0 Å². The van der Waals surface area contributed by atoms with Gasteiger partial charge in [0.2, 0.25) is 6.10 Å². The number of rotatable bonds is 19. The average Bonchev–Trinajstić information content (AvgIpc) is 3.06. The molecule has 0 aromatic carbocycles. The fourth-order valence-electron chi connectivity index (χ4n) is 3.73. The monoisotopic (exact) mass is 466 g/mol. The van der Waals surface area contributed by atoms with Gasteiger partial charge in [-0.2, -0.15) is 8.42 Å². The van der Waals surface area contributed by atoms with E-state index in [0.29, 0.717) is 6.42 Å². The summed E-state index contributed by atoms with van der Waals surface area (Å²) in [6, 6.07) is 0. The summed E-state index contributed by atoms with van der Waals surface area (Å²) in [5.41, 5.74) is 0. The van der Waals surface area contributed by atoms with Crippen molar-refractivity contribution in [2.45, 2.75) is 116 Å². The molecular weight excluding hydrogens is 424 g/mol. The van der Waals surface area contributed by atoms with Crippen LogP contribution in [0.5, 0.6) is 0 Å². The van der Waals surface area contributed by atoms with E-state index in [1.807, 2.05) is 0 Å². The second-order valence-corrected chi connectivity index (χ2v) is 9.23. The third-order valence-corrected chi connectivity index (χ3v) is 6.28. The Bertz CT molecular complexity index is 566. The number of unbranched alkanes of at least 4 members (excludes halogenated alkanes) is 11. The van der Waals surface area contributed by atoms with Crippen molar-refractivity contribution >= 4 is 16.4 Å². The first kappa shape index (κ1) is 28.3. The molecule has 0 amide bonds. The third kappa shape index (κ3) is 12.2. The van der Waals surface area contributed by atoms with Crippen LogP contribution in [0.4, 0.5) is 0 Å². The van der Waals surface area contributed by atoms with Gasteiger partial charge >= 0.3 is 16.4 Å². The Morgan fingerprint density at radius 2 is 1.42 bits per heavy atom. The zero-order valence-electron chi connectivity index (χ0n) is 19.5. The molecule has 1 rings (SSSR count). The first-order chi connectivity index (χ1) is 14.9. The summed E-state index contributed by atoms with van der Waals surface area (Å²) < 4.78 is 48.9. The van der Waals surface area contributed by atoms with E-state index in [9.17, 15) is 13.2 Å². The van der Waals surface area contributed by atoms with Crippen LogP contribution in [0.2, 0.25) is 0 Å². The molecular formula is C22H42O8S. The summed E-state index contributed by atoms with van der Waals surface area (Å²) in [7, 11) is -2.78. The highest BCUT2D eigenvalue weighted by Gasteiger charge is 2.49. The second kappa shape index (κ2) is 16.8. The summed E-state index contributed by atoms with van der Waals surface area (Å²) >= 11 is 0. The number of carbonyl (C=O) groups excluding carboxylic acids is 1. The Morgan fingerprint density at radius 3 is 1.94 bits per heavy atom. The van der Waals surface area contributed by atoms with Crippen LogP contribution < -0.4 is 0 Å². The van der Waals surface area contributed by atoms with E-state index in [-0.39, 0.29) is 13.4 Å². The Labute approximate surface area is 188 Å². The van der Waals surface area contributed by atoms with Gasteiger partial charge in [-0.15, -0.1) is 0 Å². The van der Waals surface area contributed by atoms with Crippen LogP contribution >= 0.6 is 0 Å². The summed E-state index contributed by atoms with van der Waals surface area (Å²) in [4.78, 5) is 12.1. The minimum Gasteiger partial charge on any atom is -0.464 e. The highest BCUT2D eigenvalue weighted by atomic mass is 32.3. The maximum absolute atomic E-state index is 12.1. The van der Waals surface area contributed by atoms with Crippen molar-refractivity contribution in [3.05, 3.63) is 0 Å². The van der Waals surface area contributed by atoms with Crippen molar-refractivity contribution in [1.82, 2.24) is 0 Å². The number of hydrogen-bond donors (Lipinski definition) is 0. The molecule has 0 saturated carbocycles. The number of carbonyl (C=O) groups is 1. The summed E-state index contributed by atoms with van der Waals surface area (Å²) in [5.74, 6) is -0.769. The Balaban J connectivity index is 2.34. The van der Waals surface area contributed by atoms with Gasteiger partial charge in [-0.1, -0.05) is 84.0 Å². The molecule has 1 heterocycles. The number of ether oxygens (including phenoxy) is 3. The summed E-state index contributed by atoms with van der Waals surface area (Å²) in [6.07, 6.45) is 12.2. The lowest BCUT2D eigenvalue weighted by Crippen LogP contribution is -2.42. The average molecular weight is 467 g/mol. The molecule has 1 aliphatic rings. The van der Waals surface area contributed by atoms with E-state index in [4.69, 9.17) is 22.6 Å². The van der Waals surface area contributed by atoms with Crippen LogP contribution in [-0.2, 0) is 37.8 Å². The fraction of sp³-hybridized carbons (Fsp3) is 0.955. The minimum atomic E-state index is -4.26. The van der Waals surface area contributed by atoms with E-state index in [1.165, 1.54) is 64.9 Å². The van der Waals surface area contributed by atoms with Crippen LogP contribution in [0.1, 0.15) is 97.3 Å². The molecule has 1 saturated heterocycles. The SMILES string of the molecule is CCCCCCCCCCCCCC[C@H](OCOC)[C@H]1OS(=O)(=O)O[C@@H]1C(=O)OCC. The van der Waals surface area contributed by atoms with E-state index >= 15 is 0 Å². The maximum Gasteiger partial charge on any atom is 0.401 e. The molecule has 0 spiro atoms. The second-order valence-electron chi connectivity index (χ2n) is 8.03. The van der Waals surface area contributed by atoms with Crippen LogP contribution in [0.3, 0.4) is 0 Å². The van der Waals surface area contributed by atoms with Gasteiger partial charge in [-0.25, -0.2) is 13.2 Å². The van der Waals surface area contributed by atoms with Crippen molar-refractivity contribution in [3.63, 3.8) is 0 Å². The molecule has 0 radical (unpaired) electrons. The van der Waals surface area contributed by atoms with Gasteiger partial charge in [0, 0.05) is 7.11 Å². The quantitative estimate of drug-likeness (QED) is 0.154. The molecule has 9 heteroatoms. The normalized spacial score (nSPS) is 21.3. The highest BCUT2D eigenvalue weighted by molar-refractivity contribution is 7.82. The van der Waals surface area contributed by atoms with E-state index in [0.717, 1.165) is 19.3 Å². The first-order valence-corrected chi connectivity index (χ1v) is 13.2. The third-order valence-electron chi connectivity index (χ3n) is 5.38. The summed E-state index contributed by atoms with van der Waals surface area (Å²) in [6.45, 7) is 3.97. The molecule has 31 heavy (non-hydrogen) atoms. The van der Waals surface area contributed by atoms with Gasteiger partial charge in [0.1, 0.15) is 12.9 Å². The Hall–Kier alpha value is -0.740. The van der Waals surface area contributed by atoms with Gasteiger partial charge in [0.05, 0.1) is 12.7 Å². The van der Waals surface area contributed by atoms with Crippen molar-refractivity contribution in [2.75, 3.05) is 20.5 Å². The zero-order chi connectivity index (χ0) is 23.0. The molecule has 0 bridgehead atoms. The molecule has 0 N–H and O–H groups in total. The fourth-order valence-corrected chi connectivity index (χ4v) is 4.71. The molecule has 0 unspecified atom stereocenters.